The molecule has 1 amide bonds. The van der Waals surface area contributed by atoms with E-state index in [4.69, 9.17) is 0 Å². The fourth-order valence-corrected chi connectivity index (χ4v) is 1.38. The van der Waals surface area contributed by atoms with Gasteiger partial charge in [-0.3, -0.25) is 14.9 Å². The number of benzene rings is 1. The molecular weight excluding hydrogens is 196 g/mol. The number of nitro benzene ring substituents is 1. The van der Waals surface area contributed by atoms with Gasteiger partial charge in [0.15, 0.2) is 0 Å². The fraction of sp³-hybridized carbons (Fsp3) is 0.300. The minimum Gasteiger partial charge on any atom is -0.321 e. The molecule has 15 heavy (non-hydrogen) atoms. The molecule has 0 aliphatic rings. The van der Waals surface area contributed by atoms with Gasteiger partial charge in [-0.1, -0.05) is 19.1 Å². The van der Waals surface area contributed by atoms with E-state index in [1.807, 2.05) is 6.92 Å². The van der Waals surface area contributed by atoms with Gasteiger partial charge in [0.25, 0.3) is 5.69 Å². The summed E-state index contributed by atoms with van der Waals surface area (Å²) in [5.74, 6) is -0.314. The van der Waals surface area contributed by atoms with Crippen LogP contribution in [0.4, 0.5) is 11.4 Å². The highest BCUT2D eigenvalue weighted by Gasteiger charge is 2.18. The van der Waals surface area contributed by atoms with Gasteiger partial charge in [-0.05, 0) is 12.5 Å². The summed E-state index contributed by atoms with van der Waals surface area (Å²) in [5, 5.41) is 13.3. The molecule has 0 unspecified atom stereocenters. The lowest BCUT2D eigenvalue weighted by molar-refractivity contribution is -0.384. The minimum absolute atomic E-state index is 0.0183. The number of carbonyl (C=O) groups is 1. The van der Waals surface area contributed by atoms with Crippen molar-refractivity contribution < 1.29 is 9.72 Å². The van der Waals surface area contributed by atoms with E-state index >= 15 is 0 Å². The summed E-state index contributed by atoms with van der Waals surface area (Å²) >= 11 is 0. The van der Waals surface area contributed by atoms with Crippen LogP contribution in [0.2, 0.25) is 0 Å². The highest BCUT2D eigenvalue weighted by Crippen LogP contribution is 2.28. The van der Waals surface area contributed by atoms with E-state index in [0.29, 0.717) is 12.0 Å². The summed E-state index contributed by atoms with van der Waals surface area (Å²) in [7, 11) is 0. The number of nitrogens with one attached hydrogen (secondary N) is 1. The number of para-hydroxylation sites is 1. The van der Waals surface area contributed by atoms with Gasteiger partial charge in [-0.15, -0.1) is 0 Å². The number of carbonyl (C=O) groups excluding carboxylic acids is 1. The van der Waals surface area contributed by atoms with Crippen molar-refractivity contribution in [3.63, 3.8) is 0 Å². The van der Waals surface area contributed by atoms with Gasteiger partial charge in [0.05, 0.1) is 4.92 Å². The van der Waals surface area contributed by atoms with Crippen molar-refractivity contribution >= 4 is 17.3 Å². The number of nitrogens with zero attached hydrogens (tertiary/aromatic N) is 1. The van der Waals surface area contributed by atoms with E-state index < -0.39 is 4.92 Å². The van der Waals surface area contributed by atoms with E-state index in [1.54, 1.807) is 12.1 Å². The molecule has 0 spiro atoms. The van der Waals surface area contributed by atoms with Gasteiger partial charge in [0.1, 0.15) is 5.69 Å². The molecule has 0 radical (unpaired) electrons. The fourth-order valence-electron chi connectivity index (χ4n) is 1.38. The number of nitro groups is 1. The SMILES string of the molecule is CCc1cccc(NC(C)=O)c1[N+](=O)[O-]. The van der Waals surface area contributed by atoms with Crippen LogP contribution < -0.4 is 5.32 Å². The molecule has 80 valence electrons. The summed E-state index contributed by atoms with van der Waals surface area (Å²) in [6, 6.07) is 4.90. The molecular formula is C10H12N2O3. The molecule has 0 fully saturated rings. The number of hydrogen-bond donors (Lipinski definition) is 1. The first kappa shape index (κ1) is 11.2. The van der Waals surface area contributed by atoms with Crippen LogP contribution in [0.3, 0.4) is 0 Å². The zero-order chi connectivity index (χ0) is 11.4. The van der Waals surface area contributed by atoms with Crippen molar-refractivity contribution in [1.29, 1.82) is 0 Å². The average molecular weight is 208 g/mol. The predicted octanol–water partition coefficient (Wildman–Crippen LogP) is 2.12. The Morgan fingerprint density at radius 2 is 2.20 bits per heavy atom. The summed E-state index contributed by atoms with van der Waals surface area (Å²) in [6.45, 7) is 3.15. The Morgan fingerprint density at radius 3 is 2.67 bits per heavy atom. The van der Waals surface area contributed by atoms with Crippen molar-refractivity contribution in [2.24, 2.45) is 0 Å². The van der Waals surface area contributed by atoms with Crippen molar-refractivity contribution in [1.82, 2.24) is 0 Å². The van der Waals surface area contributed by atoms with Gasteiger partial charge in [0, 0.05) is 12.5 Å². The largest absolute Gasteiger partial charge is 0.321 e. The Balaban J connectivity index is 3.25. The number of hydrogen-bond acceptors (Lipinski definition) is 3. The second kappa shape index (κ2) is 4.54. The zero-order valence-corrected chi connectivity index (χ0v) is 8.61. The van der Waals surface area contributed by atoms with Gasteiger partial charge in [-0.2, -0.15) is 0 Å². The predicted molar refractivity (Wildman–Crippen MR) is 56.8 cm³/mol. The summed E-state index contributed by atoms with van der Waals surface area (Å²) in [5.41, 5.74) is 0.855. The van der Waals surface area contributed by atoms with Gasteiger partial charge < -0.3 is 5.32 Å². The monoisotopic (exact) mass is 208 g/mol. The smallest absolute Gasteiger partial charge is 0.295 e. The van der Waals surface area contributed by atoms with Crippen LogP contribution in [0.25, 0.3) is 0 Å². The van der Waals surface area contributed by atoms with Crippen LogP contribution in [0.15, 0.2) is 18.2 Å². The Morgan fingerprint density at radius 1 is 1.53 bits per heavy atom. The Labute approximate surface area is 87.3 Å². The molecule has 0 saturated heterocycles. The lowest BCUT2D eigenvalue weighted by Crippen LogP contribution is -2.09. The summed E-state index contributed by atoms with van der Waals surface area (Å²) < 4.78 is 0. The molecule has 0 saturated carbocycles. The molecule has 1 aromatic rings. The van der Waals surface area contributed by atoms with Gasteiger partial charge in [0.2, 0.25) is 5.91 Å². The number of anilines is 1. The van der Waals surface area contributed by atoms with Crippen LogP contribution in [0.1, 0.15) is 19.4 Å². The van der Waals surface area contributed by atoms with E-state index in [1.165, 1.54) is 13.0 Å². The highest BCUT2D eigenvalue weighted by atomic mass is 16.6. The van der Waals surface area contributed by atoms with Crippen LogP contribution in [-0.2, 0) is 11.2 Å². The van der Waals surface area contributed by atoms with E-state index in [-0.39, 0.29) is 17.3 Å². The summed E-state index contributed by atoms with van der Waals surface area (Å²) in [6.07, 6.45) is 0.559. The molecule has 0 aliphatic carbocycles. The second-order valence-corrected chi connectivity index (χ2v) is 3.11. The maximum absolute atomic E-state index is 10.9. The number of rotatable bonds is 3. The van der Waals surface area contributed by atoms with E-state index in [2.05, 4.69) is 5.32 Å². The molecule has 0 aromatic heterocycles. The average Bonchev–Trinajstić information content (AvgIpc) is 2.15. The Kier molecular flexibility index (Phi) is 3.38. The standard InChI is InChI=1S/C10H12N2O3/c1-3-8-5-4-6-9(11-7(2)13)10(8)12(14)15/h4-6H,3H2,1-2H3,(H,11,13). The van der Waals surface area contributed by atoms with Crippen LogP contribution in [0.5, 0.6) is 0 Å². The Bertz CT molecular complexity index is 402. The molecule has 0 bridgehead atoms. The van der Waals surface area contributed by atoms with Gasteiger partial charge in [-0.25, -0.2) is 0 Å². The second-order valence-electron chi connectivity index (χ2n) is 3.11. The molecule has 1 aromatic carbocycles. The number of amides is 1. The third-order valence-corrected chi connectivity index (χ3v) is 1.99. The van der Waals surface area contributed by atoms with E-state index in [0.717, 1.165) is 0 Å². The first-order chi connectivity index (χ1) is 7.06. The molecule has 5 heteroatoms. The van der Waals surface area contributed by atoms with Crippen molar-refractivity contribution in [2.75, 3.05) is 5.32 Å². The van der Waals surface area contributed by atoms with Gasteiger partial charge >= 0.3 is 0 Å². The van der Waals surface area contributed by atoms with E-state index in [9.17, 15) is 14.9 Å². The molecule has 5 nitrogen and oxygen atoms in total. The number of aryl methyl sites for hydroxylation is 1. The van der Waals surface area contributed by atoms with Crippen LogP contribution in [0, 0.1) is 10.1 Å². The Hall–Kier alpha value is -1.91. The quantitative estimate of drug-likeness (QED) is 0.610. The zero-order valence-electron chi connectivity index (χ0n) is 8.61. The van der Waals surface area contributed by atoms with Crippen LogP contribution >= 0.6 is 0 Å². The van der Waals surface area contributed by atoms with Crippen molar-refractivity contribution in [3.8, 4) is 0 Å². The third kappa shape index (κ3) is 2.52. The molecule has 1 N–H and O–H groups in total. The molecule has 0 heterocycles. The minimum atomic E-state index is -0.468. The van der Waals surface area contributed by atoms with Crippen LogP contribution in [-0.4, -0.2) is 10.8 Å². The lowest BCUT2D eigenvalue weighted by atomic mass is 10.1. The maximum atomic E-state index is 10.9. The maximum Gasteiger partial charge on any atom is 0.295 e. The first-order valence-corrected chi connectivity index (χ1v) is 4.60. The molecule has 0 aliphatic heterocycles. The normalized spacial score (nSPS) is 9.73. The lowest BCUT2D eigenvalue weighted by Gasteiger charge is -2.06. The summed E-state index contributed by atoms with van der Waals surface area (Å²) in [4.78, 5) is 21.2. The highest BCUT2D eigenvalue weighted by molar-refractivity contribution is 5.91. The topological polar surface area (TPSA) is 72.2 Å². The molecule has 1 rings (SSSR count). The first-order valence-electron chi connectivity index (χ1n) is 4.60. The van der Waals surface area contributed by atoms with Crippen molar-refractivity contribution in [2.45, 2.75) is 20.3 Å². The molecule has 0 atom stereocenters. The third-order valence-electron chi connectivity index (χ3n) is 1.99. The van der Waals surface area contributed by atoms with Crippen molar-refractivity contribution in [3.05, 3.63) is 33.9 Å².